The van der Waals surface area contributed by atoms with Gasteiger partial charge in [0.05, 0.1) is 23.7 Å². The summed E-state index contributed by atoms with van der Waals surface area (Å²) in [5, 5.41) is 0. The number of ether oxygens (including phenoxy) is 1. The summed E-state index contributed by atoms with van der Waals surface area (Å²) in [4.78, 5) is 25.4. The number of imidazole rings is 1. The Balaban J connectivity index is 2.83. The normalized spacial score (nSPS) is 10.5. The van der Waals surface area contributed by atoms with Gasteiger partial charge in [0.1, 0.15) is 0 Å². The molecule has 1 N–H and O–H groups in total. The van der Waals surface area contributed by atoms with E-state index in [2.05, 4.69) is 9.72 Å². The van der Waals surface area contributed by atoms with Crippen LogP contribution in [0.3, 0.4) is 0 Å². The van der Waals surface area contributed by atoms with E-state index >= 15 is 0 Å². The Kier molecular flexibility index (Phi) is 2.07. The number of nitrogens with zero attached hydrogens (tertiary/aromatic N) is 1. The Morgan fingerprint density at radius 1 is 1.47 bits per heavy atom. The number of nitrogens with one attached hydrogen (secondary N) is 1. The van der Waals surface area contributed by atoms with Crippen LogP contribution in [-0.4, -0.2) is 22.6 Å². The van der Waals surface area contributed by atoms with Crippen molar-refractivity contribution in [3.63, 3.8) is 0 Å². The Hall–Kier alpha value is -2.04. The first-order chi connectivity index (χ1) is 7.15. The fourth-order valence-electron chi connectivity index (χ4n) is 1.53. The highest BCUT2D eigenvalue weighted by molar-refractivity contribution is 6.01. The maximum atomic E-state index is 11.4. The van der Waals surface area contributed by atoms with E-state index in [1.54, 1.807) is 25.2 Å². The molecule has 5 heteroatoms. The van der Waals surface area contributed by atoms with Crippen molar-refractivity contribution >= 4 is 17.0 Å². The maximum Gasteiger partial charge on any atom is 0.340 e. The first-order valence-corrected chi connectivity index (χ1v) is 4.41. The summed E-state index contributed by atoms with van der Waals surface area (Å²) in [5.41, 5.74) is 1.31. The first-order valence-electron chi connectivity index (χ1n) is 4.41. The van der Waals surface area contributed by atoms with Crippen molar-refractivity contribution in [2.24, 2.45) is 7.05 Å². The molecule has 2 rings (SSSR count). The van der Waals surface area contributed by atoms with Crippen molar-refractivity contribution in [2.45, 2.75) is 0 Å². The van der Waals surface area contributed by atoms with E-state index in [-0.39, 0.29) is 5.69 Å². The number of carbonyl (C=O) groups excluding carboxylic acids is 1. The quantitative estimate of drug-likeness (QED) is 0.697. The third kappa shape index (κ3) is 1.32. The standard InChI is InChI=1S/C10H10N2O3/c1-12-7-5-3-4-6(9(13)15-2)8(7)11-10(12)14/h3-5H,1-2H3,(H,11,14). The van der Waals surface area contributed by atoms with Crippen molar-refractivity contribution < 1.29 is 9.53 Å². The maximum absolute atomic E-state index is 11.4. The molecule has 0 aliphatic rings. The van der Waals surface area contributed by atoms with Crippen LogP contribution in [0.2, 0.25) is 0 Å². The van der Waals surface area contributed by atoms with Gasteiger partial charge >= 0.3 is 11.7 Å². The average Bonchev–Trinajstić information content (AvgIpc) is 2.54. The number of H-pyrrole nitrogens is 1. The summed E-state index contributed by atoms with van der Waals surface area (Å²) in [6.45, 7) is 0. The van der Waals surface area contributed by atoms with Gasteiger partial charge in [0.25, 0.3) is 0 Å². The van der Waals surface area contributed by atoms with E-state index in [4.69, 9.17) is 0 Å². The van der Waals surface area contributed by atoms with E-state index in [1.165, 1.54) is 11.7 Å². The summed E-state index contributed by atoms with van der Waals surface area (Å²) in [6.07, 6.45) is 0. The zero-order valence-corrected chi connectivity index (χ0v) is 8.40. The summed E-state index contributed by atoms with van der Waals surface area (Å²) < 4.78 is 6.07. The highest BCUT2D eigenvalue weighted by Crippen LogP contribution is 2.15. The molecule has 1 heterocycles. The Morgan fingerprint density at radius 2 is 2.20 bits per heavy atom. The highest BCUT2D eigenvalue weighted by atomic mass is 16.5. The number of aromatic nitrogens is 2. The molecule has 0 saturated carbocycles. The zero-order valence-electron chi connectivity index (χ0n) is 8.40. The number of benzene rings is 1. The second-order valence-electron chi connectivity index (χ2n) is 3.18. The first kappa shape index (κ1) is 9.51. The van der Waals surface area contributed by atoms with Gasteiger partial charge in [-0.05, 0) is 12.1 Å². The van der Waals surface area contributed by atoms with Crippen LogP contribution in [-0.2, 0) is 11.8 Å². The SMILES string of the molecule is COC(=O)c1cccc2c1[nH]c(=O)n2C. The lowest BCUT2D eigenvalue weighted by Gasteiger charge is -2.00. The molecule has 2 aromatic rings. The molecule has 0 unspecified atom stereocenters. The summed E-state index contributed by atoms with van der Waals surface area (Å²) in [6, 6.07) is 5.09. The van der Waals surface area contributed by atoms with Gasteiger partial charge in [-0.3, -0.25) is 4.57 Å². The third-order valence-electron chi connectivity index (χ3n) is 2.35. The van der Waals surface area contributed by atoms with Gasteiger partial charge < -0.3 is 9.72 Å². The number of rotatable bonds is 1. The number of fused-ring (bicyclic) bond motifs is 1. The summed E-state index contributed by atoms with van der Waals surface area (Å²) in [5.74, 6) is -0.456. The topological polar surface area (TPSA) is 64.1 Å². The molecule has 5 nitrogen and oxygen atoms in total. The molecule has 0 aliphatic heterocycles. The summed E-state index contributed by atoms with van der Waals surface area (Å²) in [7, 11) is 2.95. The van der Waals surface area contributed by atoms with Crippen molar-refractivity contribution in [2.75, 3.05) is 7.11 Å². The van der Waals surface area contributed by atoms with Crippen LogP contribution in [0.25, 0.3) is 11.0 Å². The van der Waals surface area contributed by atoms with Crippen molar-refractivity contribution in [3.8, 4) is 0 Å². The molecule has 0 atom stereocenters. The molecule has 0 radical (unpaired) electrons. The number of aryl methyl sites for hydroxylation is 1. The predicted octanol–water partition coefficient (Wildman–Crippen LogP) is 0.653. The number of carbonyl (C=O) groups is 1. The van der Waals surface area contributed by atoms with Crippen LogP contribution in [0, 0.1) is 0 Å². The van der Waals surface area contributed by atoms with Gasteiger partial charge in [0.2, 0.25) is 0 Å². The van der Waals surface area contributed by atoms with Crippen LogP contribution in [0.1, 0.15) is 10.4 Å². The van der Waals surface area contributed by atoms with Crippen molar-refractivity contribution in [3.05, 3.63) is 34.2 Å². The molecular formula is C10H10N2O3. The van der Waals surface area contributed by atoms with Gasteiger partial charge in [0.15, 0.2) is 0 Å². The lowest BCUT2D eigenvalue weighted by molar-refractivity contribution is 0.0603. The second-order valence-corrected chi connectivity index (χ2v) is 3.18. The molecule has 0 aliphatic carbocycles. The largest absolute Gasteiger partial charge is 0.465 e. The molecule has 0 bridgehead atoms. The van der Waals surface area contributed by atoms with Crippen molar-refractivity contribution in [1.82, 2.24) is 9.55 Å². The lowest BCUT2D eigenvalue weighted by Crippen LogP contribution is -2.11. The van der Waals surface area contributed by atoms with E-state index in [0.29, 0.717) is 16.6 Å². The third-order valence-corrected chi connectivity index (χ3v) is 2.35. The fourth-order valence-corrected chi connectivity index (χ4v) is 1.53. The van der Waals surface area contributed by atoms with Crippen LogP contribution in [0.4, 0.5) is 0 Å². The van der Waals surface area contributed by atoms with E-state index < -0.39 is 5.97 Å². The van der Waals surface area contributed by atoms with Gasteiger partial charge in [-0.1, -0.05) is 6.07 Å². The molecule has 0 saturated heterocycles. The molecule has 15 heavy (non-hydrogen) atoms. The van der Waals surface area contributed by atoms with Crippen LogP contribution < -0.4 is 5.69 Å². The lowest BCUT2D eigenvalue weighted by atomic mass is 10.2. The molecule has 1 aromatic heterocycles. The predicted molar refractivity (Wildman–Crippen MR) is 54.9 cm³/mol. The number of methoxy groups -OCH3 is 1. The number of esters is 1. The van der Waals surface area contributed by atoms with E-state index in [0.717, 1.165) is 0 Å². The smallest absolute Gasteiger partial charge is 0.340 e. The van der Waals surface area contributed by atoms with Gasteiger partial charge in [0, 0.05) is 7.05 Å². The number of hydrogen-bond donors (Lipinski definition) is 1. The minimum atomic E-state index is -0.456. The molecule has 1 aromatic carbocycles. The second kappa shape index (κ2) is 3.27. The monoisotopic (exact) mass is 206 g/mol. The van der Waals surface area contributed by atoms with Gasteiger partial charge in [-0.2, -0.15) is 0 Å². The average molecular weight is 206 g/mol. The van der Waals surface area contributed by atoms with Crippen molar-refractivity contribution in [1.29, 1.82) is 0 Å². The molecule has 0 spiro atoms. The Morgan fingerprint density at radius 3 is 2.87 bits per heavy atom. The van der Waals surface area contributed by atoms with Gasteiger partial charge in [-0.25, -0.2) is 9.59 Å². The fraction of sp³-hybridized carbons (Fsp3) is 0.200. The number of aromatic amines is 1. The zero-order chi connectivity index (χ0) is 11.0. The van der Waals surface area contributed by atoms with Crippen LogP contribution in [0.5, 0.6) is 0 Å². The van der Waals surface area contributed by atoms with Gasteiger partial charge in [-0.15, -0.1) is 0 Å². The minimum Gasteiger partial charge on any atom is -0.465 e. The molecule has 78 valence electrons. The molecule has 0 amide bonds. The molecular weight excluding hydrogens is 196 g/mol. The number of hydrogen-bond acceptors (Lipinski definition) is 3. The number of para-hydroxylation sites is 1. The van der Waals surface area contributed by atoms with Crippen LogP contribution >= 0.6 is 0 Å². The van der Waals surface area contributed by atoms with Crippen LogP contribution in [0.15, 0.2) is 23.0 Å². The Bertz CT molecular complexity index is 580. The highest BCUT2D eigenvalue weighted by Gasteiger charge is 2.13. The Labute approximate surface area is 85.3 Å². The van der Waals surface area contributed by atoms with E-state index in [1.807, 2.05) is 0 Å². The molecule has 0 fully saturated rings. The summed E-state index contributed by atoms with van der Waals surface area (Å²) >= 11 is 0. The van der Waals surface area contributed by atoms with E-state index in [9.17, 15) is 9.59 Å². The minimum absolute atomic E-state index is 0.249.